The van der Waals surface area contributed by atoms with E-state index in [0.29, 0.717) is 10.7 Å². The molecule has 1 aromatic heterocycles. The van der Waals surface area contributed by atoms with Crippen molar-refractivity contribution in [2.75, 3.05) is 0 Å². The van der Waals surface area contributed by atoms with E-state index >= 15 is 0 Å². The second kappa shape index (κ2) is 4.94. The molecule has 0 N–H and O–H groups in total. The van der Waals surface area contributed by atoms with Gasteiger partial charge in [-0.15, -0.1) is 0 Å². The Kier molecular flexibility index (Phi) is 3.53. The van der Waals surface area contributed by atoms with Crippen LogP contribution in [-0.4, -0.2) is 17.1 Å². The minimum absolute atomic E-state index is 0.152. The van der Waals surface area contributed by atoms with E-state index in [9.17, 15) is 4.79 Å². The van der Waals surface area contributed by atoms with Crippen LogP contribution in [0, 0.1) is 6.92 Å². The number of esters is 1. The van der Waals surface area contributed by atoms with E-state index in [1.807, 2.05) is 32.9 Å². The van der Waals surface area contributed by atoms with E-state index in [2.05, 4.69) is 4.98 Å². The first kappa shape index (κ1) is 12.8. The molecule has 0 aliphatic rings. The minimum Gasteiger partial charge on any atom is -0.458 e. The highest BCUT2D eigenvalue weighted by Crippen LogP contribution is 2.22. The average molecular weight is 264 g/mol. The monoisotopic (exact) mass is 263 g/mol. The smallest absolute Gasteiger partial charge is 0.357 e. The third-order valence-corrected chi connectivity index (χ3v) is 2.77. The van der Waals surface area contributed by atoms with Gasteiger partial charge in [-0.2, -0.15) is 0 Å². The van der Waals surface area contributed by atoms with Crippen molar-refractivity contribution in [1.82, 2.24) is 4.98 Å². The number of aromatic nitrogens is 1. The first-order chi connectivity index (χ1) is 8.47. The molecule has 0 bridgehead atoms. The van der Waals surface area contributed by atoms with Gasteiger partial charge in [-0.25, -0.2) is 9.78 Å². The molecule has 1 heterocycles. The summed E-state index contributed by atoms with van der Waals surface area (Å²) in [6.07, 6.45) is -0.152. The van der Waals surface area contributed by atoms with Gasteiger partial charge in [0.2, 0.25) is 0 Å². The summed E-state index contributed by atoms with van der Waals surface area (Å²) in [4.78, 5) is 16.1. The Morgan fingerprint density at radius 1 is 1.33 bits per heavy atom. The van der Waals surface area contributed by atoms with Crippen molar-refractivity contribution < 1.29 is 9.53 Å². The summed E-state index contributed by atoms with van der Waals surface area (Å²) in [5, 5.41) is 2.54. The van der Waals surface area contributed by atoms with Crippen LogP contribution in [0.4, 0.5) is 0 Å². The average Bonchev–Trinajstić information content (AvgIpc) is 2.29. The maximum Gasteiger partial charge on any atom is 0.357 e. The maximum atomic E-state index is 11.8. The van der Waals surface area contributed by atoms with Gasteiger partial charge < -0.3 is 4.74 Å². The molecule has 0 amide bonds. The first-order valence-corrected chi connectivity index (χ1v) is 6.13. The summed E-state index contributed by atoms with van der Waals surface area (Å²) in [5.41, 5.74) is 1.10. The molecule has 2 rings (SSSR count). The van der Waals surface area contributed by atoms with Crippen LogP contribution in [0.1, 0.15) is 30.0 Å². The van der Waals surface area contributed by atoms with Crippen molar-refractivity contribution in [3.63, 3.8) is 0 Å². The summed E-state index contributed by atoms with van der Waals surface area (Å²) in [7, 11) is 0. The largest absolute Gasteiger partial charge is 0.458 e. The van der Waals surface area contributed by atoms with Gasteiger partial charge in [0.25, 0.3) is 0 Å². The van der Waals surface area contributed by atoms with E-state index in [4.69, 9.17) is 16.3 Å². The molecule has 0 atom stereocenters. The van der Waals surface area contributed by atoms with Crippen LogP contribution in [0.5, 0.6) is 0 Å². The normalized spacial score (nSPS) is 10.9. The number of hydrogen-bond donors (Lipinski definition) is 0. The number of ether oxygens (including phenoxy) is 1. The molecule has 0 saturated heterocycles. The summed E-state index contributed by atoms with van der Waals surface area (Å²) in [6, 6.07) is 7.24. The van der Waals surface area contributed by atoms with E-state index in [-0.39, 0.29) is 6.10 Å². The predicted octanol–water partition coefficient (Wildman–Crippen LogP) is 3.76. The summed E-state index contributed by atoms with van der Waals surface area (Å²) in [5.74, 6) is -0.398. The lowest BCUT2D eigenvalue weighted by atomic mass is 10.1. The molecular weight excluding hydrogens is 250 g/mol. The van der Waals surface area contributed by atoms with Gasteiger partial charge >= 0.3 is 5.97 Å². The molecule has 3 nitrogen and oxygen atoms in total. The lowest BCUT2D eigenvalue weighted by molar-refractivity contribution is 0.0371. The Morgan fingerprint density at radius 2 is 2.06 bits per heavy atom. The van der Waals surface area contributed by atoms with Crippen LogP contribution in [-0.2, 0) is 4.74 Å². The Morgan fingerprint density at radius 3 is 2.72 bits per heavy atom. The number of pyridine rings is 1. The van der Waals surface area contributed by atoms with E-state index < -0.39 is 5.97 Å². The predicted molar refractivity (Wildman–Crippen MR) is 72.0 cm³/mol. The quantitative estimate of drug-likeness (QED) is 0.775. The highest BCUT2D eigenvalue weighted by molar-refractivity contribution is 6.31. The maximum absolute atomic E-state index is 11.8. The van der Waals surface area contributed by atoms with Crippen LogP contribution in [0.25, 0.3) is 10.8 Å². The third kappa shape index (κ3) is 2.62. The molecule has 4 heteroatoms. The lowest BCUT2D eigenvalue weighted by Gasteiger charge is -2.09. The van der Waals surface area contributed by atoms with E-state index in [1.165, 1.54) is 0 Å². The second-order valence-electron chi connectivity index (χ2n) is 4.41. The summed E-state index contributed by atoms with van der Waals surface area (Å²) < 4.78 is 5.14. The highest BCUT2D eigenvalue weighted by Gasteiger charge is 2.13. The summed E-state index contributed by atoms with van der Waals surface area (Å²) in [6.45, 7) is 5.47. The Bertz CT molecular complexity index is 608. The van der Waals surface area contributed by atoms with Crippen molar-refractivity contribution in [2.24, 2.45) is 0 Å². The molecule has 0 spiro atoms. The van der Waals surface area contributed by atoms with Crippen LogP contribution in [0.3, 0.4) is 0 Å². The van der Waals surface area contributed by atoms with Crippen molar-refractivity contribution in [3.05, 3.63) is 40.7 Å². The number of aryl methyl sites for hydroxylation is 1. The van der Waals surface area contributed by atoms with Crippen LogP contribution in [0.2, 0.25) is 5.02 Å². The van der Waals surface area contributed by atoms with Gasteiger partial charge in [-0.1, -0.05) is 17.7 Å². The van der Waals surface area contributed by atoms with Gasteiger partial charge in [0.1, 0.15) is 5.69 Å². The fourth-order valence-electron chi connectivity index (χ4n) is 1.77. The van der Waals surface area contributed by atoms with Crippen molar-refractivity contribution in [1.29, 1.82) is 0 Å². The zero-order valence-corrected chi connectivity index (χ0v) is 11.3. The van der Waals surface area contributed by atoms with Crippen LogP contribution >= 0.6 is 11.6 Å². The molecule has 1 aromatic carbocycles. The topological polar surface area (TPSA) is 39.2 Å². The number of nitrogens with zero attached hydrogens (tertiary/aromatic N) is 1. The van der Waals surface area contributed by atoms with Gasteiger partial charge in [-0.3, -0.25) is 0 Å². The van der Waals surface area contributed by atoms with E-state index in [1.54, 1.807) is 12.1 Å². The van der Waals surface area contributed by atoms with Crippen molar-refractivity contribution in [3.8, 4) is 0 Å². The number of fused-ring (bicyclic) bond motifs is 1. The third-order valence-electron chi connectivity index (χ3n) is 2.54. The van der Waals surface area contributed by atoms with Gasteiger partial charge in [0.15, 0.2) is 0 Å². The number of carbonyl (C=O) groups is 1. The zero-order valence-electron chi connectivity index (χ0n) is 10.5. The molecule has 18 heavy (non-hydrogen) atoms. The van der Waals surface area contributed by atoms with E-state index in [0.717, 1.165) is 16.5 Å². The molecular formula is C14H14ClNO2. The molecule has 0 saturated carbocycles. The first-order valence-electron chi connectivity index (χ1n) is 5.75. The molecule has 0 unspecified atom stereocenters. The number of carbonyl (C=O) groups excluding carboxylic acids is 1. The molecule has 0 aliphatic carbocycles. The zero-order chi connectivity index (χ0) is 13.3. The molecule has 0 aliphatic heterocycles. The standard InChI is InChI=1S/C14H14ClNO2/c1-8(2)18-14(17)13-6-10-4-5-11(15)7-12(10)9(3)16-13/h4-8H,1-3H3. The van der Waals surface area contributed by atoms with Gasteiger partial charge in [0.05, 0.1) is 6.10 Å². The molecule has 2 aromatic rings. The Hall–Kier alpha value is -1.61. The lowest BCUT2D eigenvalue weighted by Crippen LogP contribution is -2.13. The van der Waals surface area contributed by atoms with Crippen molar-refractivity contribution in [2.45, 2.75) is 26.9 Å². The minimum atomic E-state index is -0.398. The number of benzene rings is 1. The Balaban J connectivity index is 2.49. The summed E-state index contributed by atoms with van der Waals surface area (Å²) >= 11 is 5.94. The Labute approximate surface area is 111 Å². The molecule has 0 fully saturated rings. The van der Waals surface area contributed by atoms with Gasteiger partial charge in [-0.05, 0) is 44.4 Å². The number of hydrogen-bond acceptors (Lipinski definition) is 3. The van der Waals surface area contributed by atoms with Crippen molar-refractivity contribution >= 4 is 28.3 Å². The van der Waals surface area contributed by atoms with Gasteiger partial charge in [0, 0.05) is 16.1 Å². The number of rotatable bonds is 2. The second-order valence-corrected chi connectivity index (χ2v) is 4.85. The fraction of sp³-hybridized carbons (Fsp3) is 0.286. The SMILES string of the molecule is Cc1nc(C(=O)OC(C)C)cc2ccc(Cl)cc12. The highest BCUT2D eigenvalue weighted by atomic mass is 35.5. The van der Waals surface area contributed by atoms with Crippen LogP contribution in [0.15, 0.2) is 24.3 Å². The molecule has 94 valence electrons. The number of halogens is 1. The molecule has 0 radical (unpaired) electrons. The van der Waals surface area contributed by atoms with Crippen LogP contribution < -0.4 is 0 Å². The fourth-order valence-corrected chi connectivity index (χ4v) is 1.94.